The maximum atomic E-state index is 12.1. The van der Waals surface area contributed by atoms with E-state index in [1.165, 1.54) is 23.1 Å². The van der Waals surface area contributed by atoms with Gasteiger partial charge in [0.2, 0.25) is 11.0 Å². The number of carbonyl (C=O) groups is 1. The predicted octanol–water partition coefficient (Wildman–Crippen LogP) is 2.31. The third-order valence-corrected chi connectivity index (χ3v) is 4.66. The molecule has 2 rings (SSSR count). The molecule has 0 spiro atoms. The van der Waals surface area contributed by atoms with Crippen LogP contribution in [0.4, 0.5) is 16.5 Å². The maximum Gasteiger partial charge on any atom is 0.237 e. The summed E-state index contributed by atoms with van der Waals surface area (Å²) in [4.78, 5) is 14.1. The number of benzene rings is 1. The first-order chi connectivity index (χ1) is 9.95. The molecule has 0 aliphatic heterocycles. The van der Waals surface area contributed by atoms with Crippen molar-refractivity contribution in [3.8, 4) is 0 Å². The molecule has 6 nitrogen and oxygen atoms in total. The highest BCUT2D eigenvalue weighted by molar-refractivity contribution is 8.02. The lowest BCUT2D eigenvalue weighted by Crippen LogP contribution is -2.22. The van der Waals surface area contributed by atoms with Gasteiger partial charge in [-0.05, 0) is 31.2 Å². The first-order valence-corrected chi connectivity index (χ1v) is 7.99. The van der Waals surface area contributed by atoms with Crippen molar-refractivity contribution < 1.29 is 4.79 Å². The molecular formula is C13H17N5OS2. The van der Waals surface area contributed by atoms with Crippen molar-refractivity contribution in [2.24, 2.45) is 0 Å². The molecule has 1 unspecified atom stereocenters. The van der Waals surface area contributed by atoms with Gasteiger partial charge in [0, 0.05) is 25.5 Å². The standard InChI is InChI=1S/C13H17N5OS2/c1-8(20-13-17-16-12(14)21-13)11(19)15-9-4-6-10(7-5-9)18(2)3/h4-8H,1-3H3,(H2,14,16)(H,15,19). The van der Waals surface area contributed by atoms with Crippen LogP contribution in [-0.2, 0) is 4.79 Å². The van der Waals surface area contributed by atoms with Crippen LogP contribution in [0.2, 0.25) is 0 Å². The number of aromatic nitrogens is 2. The smallest absolute Gasteiger partial charge is 0.237 e. The highest BCUT2D eigenvalue weighted by Crippen LogP contribution is 2.28. The van der Waals surface area contributed by atoms with Gasteiger partial charge in [-0.3, -0.25) is 4.79 Å². The van der Waals surface area contributed by atoms with Gasteiger partial charge in [0.05, 0.1) is 5.25 Å². The molecule has 0 bridgehead atoms. The van der Waals surface area contributed by atoms with Gasteiger partial charge in [-0.2, -0.15) is 0 Å². The second-order valence-electron chi connectivity index (χ2n) is 4.60. The van der Waals surface area contributed by atoms with Crippen LogP contribution in [0, 0.1) is 0 Å². The third kappa shape index (κ3) is 4.33. The fraction of sp³-hybridized carbons (Fsp3) is 0.308. The molecule has 1 aromatic carbocycles. The van der Waals surface area contributed by atoms with E-state index in [4.69, 9.17) is 5.73 Å². The molecule has 0 aliphatic rings. The van der Waals surface area contributed by atoms with Crippen molar-refractivity contribution in [2.75, 3.05) is 30.0 Å². The topological polar surface area (TPSA) is 84.1 Å². The molecule has 8 heteroatoms. The van der Waals surface area contributed by atoms with Crippen LogP contribution < -0.4 is 16.0 Å². The monoisotopic (exact) mass is 323 g/mol. The van der Waals surface area contributed by atoms with E-state index >= 15 is 0 Å². The second kappa shape index (κ2) is 6.77. The van der Waals surface area contributed by atoms with Crippen molar-refractivity contribution in [3.05, 3.63) is 24.3 Å². The van der Waals surface area contributed by atoms with E-state index in [1.54, 1.807) is 0 Å². The largest absolute Gasteiger partial charge is 0.378 e. The Bertz CT molecular complexity index is 611. The number of hydrogen-bond donors (Lipinski definition) is 2. The van der Waals surface area contributed by atoms with E-state index in [0.29, 0.717) is 9.47 Å². The average Bonchev–Trinajstić information content (AvgIpc) is 2.84. The SMILES string of the molecule is CC(Sc1nnc(N)s1)C(=O)Nc1ccc(N(C)C)cc1. The zero-order valence-electron chi connectivity index (χ0n) is 12.0. The highest BCUT2D eigenvalue weighted by atomic mass is 32.2. The van der Waals surface area contributed by atoms with Gasteiger partial charge in [-0.15, -0.1) is 10.2 Å². The summed E-state index contributed by atoms with van der Waals surface area (Å²) < 4.78 is 0.693. The van der Waals surface area contributed by atoms with E-state index < -0.39 is 0 Å². The molecule has 2 aromatic rings. The second-order valence-corrected chi connectivity index (χ2v) is 7.19. The minimum Gasteiger partial charge on any atom is -0.378 e. The Kier molecular flexibility index (Phi) is 5.03. The van der Waals surface area contributed by atoms with Crippen molar-refractivity contribution in [2.45, 2.75) is 16.5 Å². The van der Waals surface area contributed by atoms with Gasteiger partial charge >= 0.3 is 0 Å². The van der Waals surface area contributed by atoms with Crippen LogP contribution in [-0.4, -0.2) is 35.4 Å². The maximum absolute atomic E-state index is 12.1. The van der Waals surface area contributed by atoms with Gasteiger partial charge in [0.15, 0.2) is 4.34 Å². The van der Waals surface area contributed by atoms with E-state index in [9.17, 15) is 4.79 Å². The van der Waals surface area contributed by atoms with E-state index in [1.807, 2.05) is 50.2 Å². The summed E-state index contributed by atoms with van der Waals surface area (Å²) in [6.07, 6.45) is 0. The zero-order chi connectivity index (χ0) is 15.4. The van der Waals surface area contributed by atoms with Gasteiger partial charge in [-0.25, -0.2) is 0 Å². The van der Waals surface area contributed by atoms with Crippen molar-refractivity contribution in [1.29, 1.82) is 0 Å². The Hall–Kier alpha value is -1.80. The lowest BCUT2D eigenvalue weighted by atomic mass is 10.2. The molecule has 0 fully saturated rings. The fourth-order valence-corrected chi connectivity index (χ4v) is 3.34. The zero-order valence-corrected chi connectivity index (χ0v) is 13.7. The predicted molar refractivity (Wildman–Crippen MR) is 89.0 cm³/mol. The van der Waals surface area contributed by atoms with Gasteiger partial charge in [0.1, 0.15) is 0 Å². The number of anilines is 3. The molecule has 112 valence electrons. The molecule has 3 N–H and O–H groups in total. The van der Waals surface area contributed by atoms with Crippen LogP contribution in [0.3, 0.4) is 0 Å². The van der Waals surface area contributed by atoms with E-state index in [-0.39, 0.29) is 11.2 Å². The molecule has 0 aliphatic carbocycles. The Balaban J connectivity index is 1.93. The van der Waals surface area contributed by atoms with Crippen molar-refractivity contribution >= 4 is 45.5 Å². The number of rotatable bonds is 5. The number of nitrogens with zero attached hydrogens (tertiary/aromatic N) is 3. The number of nitrogens with two attached hydrogens (primary N) is 1. The number of carbonyl (C=O) groups excluding carboxylic acids is 1. The molecule has 1 heterocycles. The Morgan fingerprint density at radius 3 is 2.52 bits per heavy atom. The number of hydrogen-bond acceptors (Lipinski definition) is 7. The van der Waals surface area contributed by atoms with Crippen LogP contribution in [0.1, 0.15) is 6.92 Å². The normalized spacial score (nSPS) is 12.0. The van der Waals surface area contributed by atoms with Gasteiger partial charge < -0.3 is 16.0 Å². The van der Waals surface area contributed by atoms with Crippen LogP contribution in [0.25, 0.3) is 0 Å². The molecule has 0 saturated heterocycles. The first kappa shape index (κ1) is 15.6. The highest BCUT2D eigenvalue weighted by Gasteiger charge is 2.17. The molecule has 0 saturated carbocycles. The molecule has 1 aromatic heterocycles. The summed E-state index contributed by atoms with van der Waals surface area (Å²) in [6, 6.07) is 7.68. The van der Waals surface area contributed by atoms with Crippen molar-refractivity contribution in [3.63, 3.8) is 0 Å². The number of thioether (sulfide) groups is 1. The number of nitrogens with one attached hydrogen (secondary N) is 1. The summed E-state index contributed by atoms with van der Waals surface area (Å²) >= 11 is 2.62. The Morgan fingerprint density at radius 2 is 2.00 bits per heavy atom. The van der Waals surface area contributed by atoms with Crippen LogP contribution in [0.5, 0.6) is 0 Å². The minimum absolute atomic E-state index is 0.0774. The van der Waals surface area contributed by atoms with E-state index in [2.05, 4.69) is 15.5 Å². The third-order valence-electron chi connectivity index (χ3n) is 2.72. The molecular weight excluding hydrogens is 306 g/mol. The molecule has 21 heavy (non-hydrogen) atoms. The summed E-state index contributed by atoms with van der Waals surface area (Å²) in [7, 11) is 3.94. The number of nitrogen functional groups attached to an aromatic ring is 1. The van der Waals surface area contributed by atoms with Crippen molar-refractivity contribution in [1.82, 2.24) is 10.2 Å². The molecule has 1 atom stereocenters. The number of amides is 1. The first-order valence-electron chi connectivity index (χ1n) is 6.29. The van der Waals surface area contributed by atoms with E-state index in [0.717, 1.165) is 11.4 Å². The van der Waals surface area contributed by atoms with Gasteiger partial charge in [-0.1, -0.05) is 23.1 Å². The fourth-order valence-electron chi connectivity index (χ4n) is 1.56. The molecule has 0 radical (unpaired) electrons. The quantitative estimate of drug-likeness (QED) is 0.822. The summed E-state index contributed by atoms with van der Waals surface area (Å²) in [5.41, 5.74) is 7.38. The minimum atomic E-state index is -0.272. The summed E-state index contributed by atoms with van der Waals surface area (Å²) in [6.45, 7) is 1.83. The summed E-state index contributed by atoms with van der Waals surface area (Å²) in [5, 5.41) is 10.6. The van der Waals surface area contributed by atoms with Gasteiger partial charge in [0.25, 0.3) is 0 Å². The van der Waals surface area contributed by atoms with Crippen LogP contribution >= 0.6 is 23.1 Å². The Labute approximate surface area is 131 Å². The lowest BCUT2D eigenvalue weighted by Gasteiger charge is -2.14. The average molecular weight is 323 g/mol. The lowest BCUT2D eigenvalue weighted by molar-refractivity contribution is -0.115. The Morgan fingerprint density at radius 1 is 1.33 bits per heavy atom. The molecule has 1 amide bonds. The van der Waals surface area contributed by atoms with Crippen LogP contribution in [0.15, 0.2) is 28.6 Å². The summed E-state index contributed by atoms with van der Waals surface area (Å²) in [5.74, 6) is -0.0774.